The van der Waals surface area contributed by atoms with Crippen LogP contribution in [0.3, 0.4) is 0 Å². The number of pyridine rings is 1. The number of hydrogen-bond acceptors (Lipinski definition) is 1. The Labute approximate surface area is 89.5 Å². The van der Waals surface area contributed by atoms with Crippen molar-refractivity contribution < 1.29 is 22.0 Å². The average Bonchev–Trinajstić information content (AvgIpc) is 2.01. The van der Waals surface area contributed by atoms with Crippen molar-refractivity contribution in [3.05, 3.63) is 27.1 Å². The van der Waals surface area contributed by atoms with E-state index >= 15 is 0 Å². The van der Waals surface area contributed by atoms with Gasteiger partial charge in [-0.05, 0) is 28.7 Å². The molecule has 0 aliphatic heterocycles. The summed E-state index contributed by atoms with van der Waals surface area (Å²) in [5.41, 5.74) is -2.57. The molecule has 0 bridgehead atoms. The van der Waals surface area contributed by atoms with E-state index in [4.69, 9.17) is 0 Å². The van der Waals surface area contributed by atoms with E-state index in [-0.39, 0.29) is 3.57 Å². The average molecular weight is 323 g/mol. The Morgan fingerprint density at radius 1 is 1.29 bits per heavy atom. The summed E-state index contributed by atoms with van der Waals surface area (Å²) >= 11 is 1.35. The highest BCUT2D eigenvalue weighted by atomic mass is 127. The second-order valence-corrected chi connectivity index (χ2v) is 3.51. The van der Waals surface area contributed by atoms with E-state index in [9.17, 15) is 22.0 Å². The smallest absolute Gasteiger partial charge is 0.255 e. The Kier molecular flexibility index (Phi) is 3.28. The van der Waals surface area contributed by atoms with Crippen LogP contribution in [-0.4, -0.2) is 4.98 Å². The minimum atomic E-state index is -4.80. The minimum Gasteiger partial charge on any atom is -0.255 e. The third kappa shape index (κ3) is 2.31. The molecule has 0 amide bonds. The predicted molar refractivity (Wildman–Crippen MR) is 46.9 cm³/mol. The second-order valence-electron chi connectivity index (χ2n) is 2.35. The number of nitrogens with zero attached hydrogens (tertiary/aromatic N) is 1. The molecule has 1 aromatic heterocycles. The Bertz CT molecular complexity index is 335. The molecule has 1 nitrogen and oxygen atoms in total. The van der Waals surface area contributed by atoms with Gasteiger partial charge in [0.25, 0.3) is 6.43 Å². The molecule has 7 heteroatoms. The molecule has 1 heterocycles. The van der Waals surface area contributed by atoms with E-state index in [1.54, 1.807) is 0 Å². The van der Waals surface area contributed by atoms with Crippen molar-refractivity contribution in [2.24, 2.45) is 0 Å². The number of rotatable bonds is 1. The molecule has 1 aromatic rings. The Balaban J connectivity index is 3.38. The van der Waals surface area contributed by atoms with Gasteiger partial charge in [-0.25, -0.2) is 8.78 Å². The van der Waals surface area contributed by atoms with Crippen LogP contribution in [0.25, 0.3) is 0 Å². The van der Waals surface area contributed by atoms with Crippen molar-refractivity contribution in [2.75, 3.05) is 0 Å². The van der Waals surface area contributed by atoms with Crippen molar-refractivity contribution in [1.82, 2.24) is 4.98 Å². The van der Waals surface area contributed by atoms with E-state index in [2.05, 4.69) is 4.98 Å². The summed E-state index contributed by atoms with van der Waals surface area (Å²) in [7, 11) is 0. The van der Waals surface area contributed by atoms with Crippen LogP contribution in [0.15, 0.2) is 12.3 Å². The van der Waals surface area contributed by atoms with E-state index < -0.39 is 23.9 Å². The minimum absolute atomic E-state index is 0.277. The molecule has 0 saturated carbocycles. The summed E-state index contributed by atoms with van der Waals surface area (Å²) in [5, 5.41) is 0. The highest BCUT2D eigenvalue weighted by Crippen LogP contribution is 2.37. The van der Waals surface area contributed by atoms with Gasteiger partial charge in [0.1, 0.15) is 5.69 Å². The van der Waals surface area contributed by atoms with Gasteiger partial charge >= 0.3 is 6.18 Å². The summed E-state index contributed by atoms with van der Waals surface area (Å²) < 4.78 is 60.9. The summed E-state index contributed by atoms with van der Waals surface area (Å²) in [6, 6.07) is 1.04. The van der Waals surface area contributed by atoms with Crippen LogP contribution in [0, 0.1) is 3.57 Å². The Morgan fingerprint density at radius 2 is 1.86 bits per heavy atom. The summed E-state index contributed by atoms with van der Waals surface area (Å²) in [4.78, 5) is 3.03. The molecule has 0 spiro atoms. The lowest BCUT2D eigenvalue weighted by Gasteiger charge is -2.12. The zero-order valence-corrected chi connectivity index (χ0v) is 8.60. The predicted octanol–water partition coefficient (Wildman–Crippen LogP) is 3.64. The molecule has 0 fully saturated rings. The molecule has 0 saturated heterocycles. The lowest BCUT2D eigenvalue weighted by Crippen LogP contribution is -2.13. The first-order chi connectivity index (χ1) is 6.34. The molecule has 0 radical (unpaired) electrons. The maximum Gasteiger partial charge on any atom is 0.419 e. The lowest BCUT2D eigenvalue weighted by molar-refractivity contribution is -0.140. The lowest BCUT2D eigenvalue weighted by atomic mass is 10.2. The van der Waals surface area contributed by atoms with Gasteiger partial charge in [0, 0.05) is 9.77 Å². The molecule has 0 aromatic carbocycles. The normalized spacial score (nSPS) is 12.2. The Hall–Kier alpha value is -0.470. The van der Waals surface area contributed by atoms with E-state index in [0.717, 1.165) is 12.3 Å². The molecule has 0 atom stereocenters. The van der Waals surface area contributed by atoms with Crippen LogP contribution in [0.5, 0.6) is 0 Å². The topological polar surface area (TPSA) is 12.9 Å². The summed E-state index contributed by atoms with van der Waals surface area (Å²) in [6.45, 7) is 0. The maximum absolute atomic E-state index is 12.3. The van der Waals surface area contributed by atoms with Gasteiger partial charge in [-0.15, -0.1) is 0 Å². The molecule has 0 aliphatic carbocycles. The zero-order valence-electron chi connectivity index (χ0n) is 6.45. The van der Waals surface area contributed by atoms with Crippen molar-refractivity contribution in [2.45, 2.75) is 12.6 Å². The molecule has 0 aliphatic rings. The number of alkyl halides is 5. The van der Waals surface area contributed by atoms with E-state index in [0.29, 0.717) is 0 Å². The fraction of sp³-hybridized carbons (Fsp3) is 0.286. The van der Waals surface area contributed by atoms with Gasteiger partial charge < -0.3 is 0 Å². The van der Waals surface area contributed by atoms with Crippen molar-refractivity contribution >= 4 is 22.6 Å². The summed E-state index contributed by atoms with van der Waals surface area (Å²) in [5.74, 6) is 0. The molecular weight excluding hydrogens is 320 g/mol. The van der Waals surface area contributed by atoms with Gasteiger partial charge in [-0.3, -0.25) is 4.98 Å². The molecule has 14 heavy (non-hydrogen) atoms. The van der Waals surface area contributed by atoms with Gasteiger partial charge in [-0.2, -0.15) is 13.2 Å². The second kappa shape index (κ2) is 3.95. The highest BCUT2D eigenvalue weighted by molar-refractivity contribution is 14.1. The van der Waals surface area contributed by atoms with E-state index in [1.807, 2.05) is 0 Å². The van der Waals surface area contributed by atoms with Crippen LogP contribution in [0.2, 0.25) is 0 Å². The third-order valence-corrected chi connectivity index (χ3v) is 2.32. The number of hydrogen-bond donors (Lipinski definition) is 0. The van der Waals surface area contributed by atoms with Crippen LogP contribution in [0.1, 0.15) is 17.7 Å². The van der Waals surface area contributed by atoms with Crippen molar-refractivity contribution in [1.29, 1.82) is 0 Å². The fourth-order valence-corrected chi connectivity index (χ4v) is 1.64. The van der Waals surface area contributed by atoms with E-state index in [1.165, 1.54) is 22.6 Å². The maximum atomic E-state index is 12.3. The van der Waals surface area contributed by atoms with Crippen LogP contribution in [-0.2, 0) is 6.18 Å². The van der Waals surface area contributed by atoms with Crippen LogP contribution >= 0.6 is 22.6 Å². The largest absolute Gasteiger partial charge is 0.419 e. The van der Waals surface area contributed by atoms with Crippen molar-refractivity contribution in [3.63, 3.8) is 0 Å². The SMILES string of the molecule is FC(F)c1nccc(I)c1C(F)(F)F. The van der Waals surface area contributed by atoms with Gasteiger partial charge in [-0.1, -0.05) is 0 Å². The van der Waals surface area contributed by atoms with Gasteiger partial charge in [0.15, 0.2) is 0 Å². The van der Waals surface area contributed by atoms with Gasteiger partial charge in [0.2, 0.25) is 0 Å². The standard InChI is InChI=1S/C7H3F5IN/c8-6(9)5-4(7(10,11)12)3(13)1-2-14-5/h1-2,6H. The number of aromatic nitrogens is 1. The fourth-order valence-electron chi connectivity index (χ4n) is 0.899. The quantitative estimate of drug-likeness (QED) is 0.568. The number of halogens is 6. The monoisotopic (exact) mass is 323 g/mol. The molecular formula is C7H3F5IN. The zero-order chi connectivity index (χ0) is 10.9. The molecule has 78 valence electrons. The Morgan fingerprint density at radius 3 is 2.21 bits per heavy atom. The first-order valence-corrected chi connectivity index (χ1v) is 4.41. The molecule has 1 rings (SSSR count). The first kappa shape index (κ1) is 11.6. The highest BCUT2D eigenvalue weighted by Gasteiger charge is 2.38. The van der Waals surface area contributed by atoms with Crippen LogP contribution in [0.4, 0.5) is 22.0 Å². The van der Waals surface area contributed by atoms with Gasteiger partial charge in [0.05, 0.1) is 5.56 Å². The first-order valence-electron chi connectivity index (χ1n) is 3.33. The van der Waals surface area contributed by atoms with Crippen LogP contribution < -0.4 is 0 Å². The molecule has 0 unspecified atom stereocenters. The third-order valence-electron chi connectivity index (χ3n) is 1.42. The van der Waals surface area contributed by atoms with Crippen molar-refractivity contribution in [3.8, 4) is 0 Å². The molecule has 0 N–H and O–H groups in total. The summed E-state index contributed by atoms with van der Waals surface area (Å²) in [6.07, 6.45) is -7.09.